The molecule has 1 unspecified atom stereocenters. The molecule has 26 heavy (non-hydrogen) atoms. The number of nitrogens with one attached hydrogen (secondary N) is 1. The monoisotopic (exact) mass is 372 g/mol. The number of hydrogen-bond donors (Lipinski definition) is 1. The predicted molar refractivity (Wildman–Crippen MR) is 104 cm³/mol. The molecule has 2 aromatic rings. The Hall–Kier alpha value is -2.04. The van der Waals surface area contributed by atoms with Crippen molar-refractivity contribution in [3.8, 4) is 5.75 Å². The molecule has 1 heterocycles. The van der Waals surface area contributed by atoms with E-state index in [4.69, 9.17) is 16.3 Å². The third-order valence-corrected chi connectivity index (χ3v) is 4.88. The standard InChI is InChI=1S/C21H25ClN2O2/c1-16(26-20-10-3-2-9-19(20)22)21(25)23-14-17-7-6-8-18(13-17)15-24-11-4-5-12-24/h2-3,6-10,13,16H,4-5,11-12,14-15H2,1H3,(H,23,25). The van der Waals surface area contributed by atoms with E-state index in [2.05, 4.69) is 28.4 Å². The first kappa shape index (κ1) is 18.7. The van der Waals surface area contributed by atoms with Gasteiger partial charge in [0, 0.05) is 13.1 Å². The summed E-state index contributed by atoms with van der Waals surface area (Å²) in [4.78, 5) is 14.8. The van der Waals surface area contributed by atoms with E-state index in [0.29, 0.717) is 17.3 Å². The van der Waals surface area contributed by atoms with E-state index >= 15 is 0 Å². The zero-order valence-corrected chi connectivity index (χ0v) is 15.8. The summed E-state index contributed by atoms with van der Waals surface area (Å²) < 4.78 is 5.66. The highest BCUT2D eigenvalue weighted by Crippen LogP contribution is 2.24. The van der Waals surface area contributed by atoms with Crippen LogP contribution >= 0.6 is 11.6 Å². The summed E-state index contributed by atoms with van der Waals surface area (Å²) in [5.41, 5.74) is 2.39. The maximum absolute atomic E-state index is 12.3. The van der Waals surface area contributed by atoms with Crippen LogP contribution in [-0.4, -0.2) is 30.0 Å². The number of nitrogens with zero attached hydrogens (tertiary/aromatic N) is 1. The summed E-state index contributed by atoms with van der Waals surface area (Å²) in [6.07, 6.45) is 1.97. The molecule has 4 nitrogen and oxygen atoms in total. The van der Waals surface area contributed by atoms with Gasteiger partial charge in [-0.05, 0) is 56.1 Å². The largest absolute Gasteiger partial charge is 0.479 e. The summed E-state index contributed by atoms with van der Waals surface area (Å²) >= 11 is 6.07. The Balaban J connectivity index is 1.51. The van der Waals surface area contributed by atoms with Crippen molar-refractivity contribution in [3.05, 3.63) is 64.7 Å². The van der Waals surface area contributed by atoms with Gasteiger partial charge in [0.15, 0.2) is 6.10 Å². The quantitative estimate of drug-likeness (QED) is 0.798. The van der Waals surface area contributed by atoms with Crippen molar-refractivity contribution < 1.29 is 9.53 Å². The normalized spacial score (nSPS) is 15.6. The smallest absolute Gasteiger partial charge is 0.261 e. The zero-order valence-electron chi connectivity index (χ0n) is 15.1. The van der Waals surface area contributed by atoms with Crippen LogP contribution in [0.1, 0.15) is 30.9 Å². The Bertz CT molecular complexity index is 744. The molecular weight excluding hydrogens is 348 g/mol. The molecular formula is C21H25ClN2O2. The van der Waals surface area contributed by atoms with Crippen molar-refractivity contribution in [1.29, 1.82) is 0 Å². The molecule has 1 N–H and O–H groups in total. The zero-order chi connectivity index (χ0) is 18.4. The van der Waals surface area contributed by atoms with E-state index in [0.717, 1.165) is 12.1 Å². The van der Waals surface area contributed by atoms with Gasteiger partial charge in [-0.2, -0.15) is 0 Å². The maximum Gasteiger partial charge on any atom is 0.261 e. The summed E-state index contributed by atoms with van der Waals surface area (Å²) in [5, 5.41) is 3.44. The van der Waals surface area contributed by atoms with Gasteiger partial charge in [-0.15, -0.1) is 0 Å². The molecule has 1 fully saturated rings. The highest BCUT2D eigenvalue weighted by molar-refractivity contribution is 6.32. The van der Waals surface area contributed by atoms with Crippen LogP contribution in [0, 0.1) is 0 Å². The van der Waals surface area contributed by atoms with E-state index in [1.54, 1.807) is 19.1 Å². The second-order valence-electron chi connectivity index (χ2n) is 6.71. The van der Waals surface area contributed by atoms with E-state index in [-0.39, 0.29) is 5.91 Å². The lowest BCUT2D eigenvalue weighted by molar-refractivity contribution is -0.127. The molecule has 138 valence electrons. The maximum atomic E-state index is 12.3. The van der Waals surface area contributed by atoms with E-state index in [9.17, 15) is 4.79 Å². The average Bonchev–Trinajstić information content (AvgIpc) is 3.15. The lowest BCUT2D eigenvalue weighted by Crippen LogP contribution is -2.36. The van der Waals surface area contributed by atoms with Gasteiger partial charge in [-0.25, -0.2) is 0 Å². The molecule has 0 spiro atoms. The lowest BCUT2D eigenvalue weighted by atomic mass is 10.1. The van der Waals surface area contributed by atoms with Gasteiger partial charge in [-0.1, -0.05) is 48.0 Å². The number of para-hydroxylation sites is 1. The van der Waals surface area contributed by atoms with Crippen molar-refractivity contribution >= 4 is 17.5 Å². The van der Waals surface area contributed by atoms with Crippen molar-refractivity contribution in [2.24, 2.45) is 0 Å². The fourth-order valence-electron chi connectivity index (χ4n) is 3.15. The summed E-state index contributed by atoms with van der Waals surface area (Å²) in [7, 11) is 0. The van der Waals surface area contributed by atoms with Crippen LogP contribution in [0.4, 0.5) is 0 Å². The number of carbonyl (C=O) groups excluding carboxylic acids is 1. The number of ether oxygens (including phenoxy) is 1. The molecule has 0 bridgehead atoms. The first-order valence-corrected chi connectivity index (χ1v) is 9.48. The van der Waals surface area contributed by atoms with Gasteiger partial charge in [-0.3, -0.25) is 9.69 Å². The topological polar surface area (TPSA) is 41.6 Å². The molecule has 1 saturated heterocycles. The van der Waals surface area contributed by atoms with Crippen LogP contribution in [-0.2, 0) is 17.9 Å². The molecule has 0 radical (unpaired) electrons. The van der Waals surface area contributed by atoms with Crippen LogP contribution in [0.15, 0.2) is 48.5 Å². The Morgan fingerprint density at radius 2 is 1.88 bits per heavy atom. The van der Waals surface area contributed by atoms with Gasteiger partial charge in [0.1, 0.15) is 5.75 Å². The Kier molecular flexibility index (Phi) is 6.53. The van der Waals surface area contributed by atoms with E-state index < -0.39 is 6.10 Å². The van der Waals surface area contributed by atoms with Gasteiger partial charge in [0.25, 0.3) is 5.91 Å². The lowest BCUT2D eigenvalue weighted by Gasteiger charge is -2.17. The molecule has 0 saturated carbocycles. The minimum absolute atomic E-state index is 0.158. The van der Waals surface area contributed by atoms with E-state index in [1.165, 1.54) is 31.5 Å². The third kappa shape index (κ3) is 5.23. The minimum atomic E-state index is -0.609. The first-order chi connectivity index (χ1) is 12.6. The number of benzene rings is 2. The molecule has 1 atom stereocenters. The molecule has 0 aliphatic carbocycles. The summed E-state index contributed by atoms with van der Waals surface area (Å²) in [6.45, 7) is 5.55. The number of amides is 1. The Morgan fingerprint density at radius 1 is 1.15 bits per heavy atom. The van der Waals surface area contributed by atoms with Gasteiger partial charge < -0.3 is 10.1 Å². The van der Waals surface area contributed by atoms with Crippen molar-refractivity contribution in [3.63, 3.8) is 0 Å². The van der Waals surface area contributed by atoms with Crippen LogP contribution in [0.25, 0.3) is 0 Å². The van der Waals surface area contributed by atoms with Crippen LogP contribution < -0.4 is 10.1 Å². The Morgan fingerprint density at radius 3 is 2.65 bits per heavy atom. The van der Waals surface area contributed by atoms with Gasteiger partial charge in [0.05, 0.1) is 5.02 Å². The second-order valence-corrected chi connectivity index (χ2v) is 7.12. The van der Waals surface area contributed by atoms with E-state index in [1.807, 2.05) is 18.2 Å². The van der Waals surface area contributed by atoms with Gasteiger partial charge >= 0.3 is 0 Å². The third-order valence-electron chi connectivity index (χ3n) is 4.57. The number of hydrogen-bond acceptors (Lipinski definition) is 3. The molecule has 1 amide bonds. The first-order valence-electron chi connectivity index (χ1n) is 9.11. The van der Waals surface area contributed by atoms with Crippen molar-refractivity contribution in [1.82, 2.24) is 10.2 Å². The molecule has 1 aliphatic heterocycles. The highest BCUT2D eigenvalue weighted by atomic mass is 35.5. The molecule has 2 aromatic carbocycles. The number of likely N-dealkylation sites (tertiary alicyclic amines) is 1. The number of halogens is 1. The minimum Gasteiger partial charge on any atom is -0.479 e. The second kappa shape index (κ2) is 9.06. The number of rotatable bonds is 7. The van der Waals surface area contributed by atoms with Crippen LogP contribution in [0.5, 0.6) is 5.75 Å². The fourth-order valence-corrected chi connectivity index (χ4v) is 3.33. The molecule has 0 aromatic heterocycles. The number of carbonyl (C=O) groups is 1. The van der Waals surface area contributed by atoms with Crippen molar-refractivity contribution in [2.45, 2.75) is 39.0 Å². The van der Waals surface area contributed by atoms with Crippen LogP contribution in [0.3, 0.4) is 0 Å². The Labute approximate surface area is 160 Å². The van der Waals surface area contributed by atoms with Gasteiger partial charge in [0.2, 0.25) is 0 Å². The fraction of sp³-hybridized carbons (Fsp3) is 0.381. The van der Waals surface area contributed by atoms with Crippen LogP contribution in [0.2, 0.25) is 5.02 Å². The summed E-state index contributed by atoms with van der Waals surface area (Å²) in [5.74, 6) is 0.360. The summed E-state index contributed by atoms with van der Waals surface area (Å²) in [6, 6.07) is 15.6. The molecule has 5 heteroatoms. The molecule has 1 aliphatic rings. The average molecular weight is 373 g/mol. The van der Waals surface area contributed by atoms with Crippen molar-refractivity contribution in [2.75, 3.05) is 13.1 Å². The highest BCUT2D eigenvalue weighted by Gasteiger charge is 2.16. The molecule has 3 rings (SSSR count). The predicted octanol–water partition coefficient (Wildman–Crippen LogP) is 4.02. The SMILES string of the molecule is CC(Oc1ccccc1Cl)C(=O)NCc1cccc(CN2CCCC2)c1.